The molecule has 0 fully saturated rings. The molecule has 0 aliphatic rings. The molecule has 0 aliphatic carbocycles. The van der Waals surface area contributed by atoms with Crippen molar-refractivity contribution < 1.29 is 14.4 Å². The topological polar surface area (TPSA) is 66.6 Å². The maximum atomic E-state index is 12.2. The largest absolute Gasteiger partial charge is 0.392 e. The summed E-state index contributed by atoms with van der Waals surface area (Å²) in [5.41, 5.74) is 1.49. The number of aliphatic hydroxyl groups excluding tert-OH is 1. The summed E-state index contributed by atoms with van der Waals surface area (Å²) in [4.78, 5) is 13.8. The van der Waals surface area contributed by atoms with Crippen molar-refractivity contribution in [3.63, 3.8) is 0 Å². The van der Waals surface area contributed by atoms with Gasteiger partial charge in [0.05, 0.1) is 11.8 Å². The van der Waals surface area contributed by atoms with Crippen molar-refractivity contribution >= 4 is 17.5 Å². The van der Waals surface area contributed by atoms with Crippen LogP contribution in [0, 0.1) is 6.92 Å². The van der Waals surface area contributed by atoms with Crippen molar-refractivity contribution in [3.05, 3.63) is 16.5 Å². The van der Waals surface area contributed by atoms with Crippen molar-refractivity contribution in [2.24, 2.45) is 0 Å². The molecule has 0 bridgehead atoms. The monoisotopic (exact) mass is 288 g/mol. The Morgan fingerprint density at radius 3 is 2.53 bits per heavy atom. The molecule has 1 N–H and O–H groups in total. The highest BCUT2D eigenvalue weighted by Gasteiger charge is 2.20. The van der Waals surface area contributed by atoms with Gasteiger partial charge in [-0.05, 0) is 45.7 Å². The van der Waals surface area contributed by atoms with E-state index in [-0.39, 0.29) is 17.2 Å². The summed E-state index contributed by atoms with van der Waals surface area (Å²) < 4.78 is 4.85. The van der Waals surface area contributed by atoms with Crippen molar-refractivity contribution in [1.29, 1.82) is 0 Å². The maximum absolute atomic E-state index is 12.2. The molecule has 0 spiro atoms. The van der Waals surface area contributed by atoms with Crippen LogP contribution in [0.15, 0.2) is 4.52 Å². The van der Waals surface area contributed by atoms with Gasteiger partial charge >= 0.3 is 0 Å². The molecule has 0 aliphatic heterocycles. The number of amides is 1. The van der Waals surface area contributed by atoms with Gasteiger partial charge in [0, 0.05) is 24.6 Å². The van der Waals surface area contributed by atoms with E-state index in [1.807, 2.05) is 13.8 Å². The fourth-order valence-electron chi connectivity index (χ4n) is 1.90. The van der Waals surface area contributed by atoms with Gasteiger partial charge in [-0.1, -0.05) is 5.16 Å². The van der Waals surface area contributed by atoms with E-state index in [0.717, 1.165) is 5.56 Å². The first-order chi connectivity index (χ1) is 8.82. The number of hydrogen-bond donors (Lipinski definition) is 1. The minimum atomic E-state index is -0.535. The van der Waals surface area contributed by atoms with Gasteiger partial charge in [0.25, 0.3) is 0 Å². The van der Waals surface area contributed by atoms with Gasteiger partial charge in [0.2, 0.25) is 11.1 Å². The smallest absolute Gasteiger partial charge is 0.229 e. The average Bonchev–Trinajstić information content (AvgIpc) is 2.62. The van der Waals surface area contributed by atoms with Crippen molar-refractivity contribution in [2.45, 2.75) is 52.7 Å². The highest BCUT2D eigenvalue weighted by Crippen LogP contribution is 2.21. The molecule has 1 aromatic heterocycles. The molecule has 1 unspecified atom stereocenters. The molecule has 1 amide bonds. The SMILES string of the molecule is Cc1noc(Cl)c1CCC(=O)N(CC(C)O)C(C)C. The number of aromatic nitrogens is 1. The van der Waals surface area contributed by atoms with Crippen LogP contribution in [0.1, 0.15) is 38.4 Å². The third-order valence-corrected chi connectivity index (χ3v) is 3.23. The molecule has 0 saturated carbocycles. The molecule has 1 heterocycles. The number of halogens is 1. The van der Waals surface area contributed by atoms with Crippen LogP contribution in [0.4, 0.5) is 0 Å². The minimum absolute atomic E-state index is 0.00688. The lowest BCUT2D eigenvalue weighted by molar-refractivity contribution is -0.134. The molecule has 1 atom stereocenters. The van der Waals surface area contributed by atoms with Crippen LogP contribution in [-0.2, 0) is 11.2 Å². The summed E-state index contributed by atoms with van der Waals surface area (Å²) in [5, 5.41) is 13.4. The van der Waals surface area contributed by atoms with Crippen LogP contribution < -0.4 is 0 Å². The summed E-state index contributed by atoms with van der Waals surface area (Å²) in [6.07, 6.45) is 0.287. The highest BCUT2D eigenvalue weighted by molar-refractivity contribution is 6.29. The number of hydrogen-bond acceptors (Lipinski definition) is 4. The second-order valence-corrected chi connectivity index (χ2v) is 5.35. The Morgan fingerprint density at radius 2 is 2.11 bits per heavy atom. The number of aliphatic hydroxyl groups is 1. The number of rotatable bonds is 6. The van der Waals surface area contributed by atoms with Gasteiger partial charge in [-0.2, -0.15) is 0 Å². The van der Waals surface area contributed by atoms with E-state index in [9.17, 15) is 9.90 Å². The van der Waals surface area contributed by atoms with Gasteiger partial charge in [-0.3, -0.25) is 4.79 Å². The van der Waals surface area contributed by atoms with E-state index in [0.29, 0.717) is 25.1 Å². The molecular formula is C13H21ClN2O3. The van der Waals surface area contributed by atoms with Gasteiger partial charge < -0.3 is 14.5 Å². The van der Waals surface area contributed by atoms with Gasteiger partial charge in [0.1, 0.15) is 0 Å². The van der Waals surface area contributed by atoms with E-state index >= 15 is 0 Å². The third-order valence-electron chi connectivity index (χ3n) is 2.93. The number of carbonyl (C=O) groups excluding carboxylic acids is 1. The predicted octanol–water partition coefficient (Wildman–Crippen LogP) is 2.19. The molecule has 0 saturated heterocycles. The molecule has 6 heteroatoms. The summed E-state index contributed by atoms with van der Waals surface area (Å²) in [5.74, 6) is -0.00688. The lowest BCUT2D eigenvalue weighted by Gasteiger charge is -2.28. The van der Waals surface area contributed by atoms with Crippen LogP contribution >= 0.6 is 11.6 Å². The van der Waals surface area contributed by atoms with E-state index < -0.39 is 6.10 Å². The number of aryl methyl sites for hydroxylation is 1. The average molecular weight is 289 g/mol. The number of carbonyl (C=O) groups is 1. The third kappa shape index (κ3) is 4.51. The molecule has 0 radical (unpaired) electrons. The van der Waals surface area contributed by atoms with Crippen LogP contribution in [0.3, 0.4) is 0 Å². The quantitative estimate of drug-likeness (QED) is 0.871. The van der Waals surface area contributed by atoms with Crippen molar-refractivity contribution in [3.8, 4) is 0 Å². The fourth-order valence-corrected chi connectivity index (χ4v) is 2.17. The summed E-state index contributed by atoms with van der Waals surface area (Å²) in [6, 6.07) is 0.0566. The van der Waals surface area contributed by atoms with E-state index in [1.165, 1.54) is 0 Å². The molecular weight excluding hydrogens is 268 g/mol. The van der Waals surface area contributed by atoms with Crippen LogP contribution in [-0.4, -0.2) is 39.8 Å². The Hall–Kier alpha value is -1.07. The first-order valence-corrected chi connectivity index (χ1v) is 6.79. The van der Waals surface area contributed by atoms with E-state index in [1.54, 1.807) is 18.7 Å². The Morgan fingerprint density at radius 1 is 1.47 bits per heavy atom. The van der Waals surface area contributed by atoms with E-state index in [2.05, 4.69) is 5.16 Å². The zero-order chi connectivity index (χ0) is 14.6. The maximum Gasteiger partial charge on any atom is 0.229 e. The molecule has 108 valence electrons. The fraction of sp³-hybridized carbons (Fsp3) is 0.692. The zero-order valence-corrected chi connectivity index (χ0v) is 12.6. The Bertz CT molecular complexity index is 410. The zero-order valence-electron chi connectivity index (χ0n) is 11.8. The van der Waals surface area contributed by atoms with Crippen molar-refractivity contribution in [1.82, 2.24) is 10.1 Å². The second-order valence-electron chi connectivity index (χ2n) is 5.01. The van der Waals surface area contributed by atoms with E-state index in [4.69, 9.17) is 16.1 Å². The first-order valence-electron chi connectivity index (χ1n) is 6.41. The van der Waals surface area contributed by atoms with Crippen LogP contribution in [0.2, 0.25) is 5.22 Å². The standard InChI is InChI=1S/C13H21ClN2O3/c1-8(2)16(7-9(3)17)12(18)6-5-11-10(4)15-19-13(11)14/h8-9,17H,5-7H2,1-4H3. The summed E-state index contributed by atoms with van der Waals surface area (Å²) >= 11 is 5.86. The Balaban J connectivity index is 2.63. The van der Waals surface area contributed by atoms with Gasteiger partial charge in [0.15, 0.2) is 0 Å². The highest BCUT2D eigenvalue weighted by atomic mass is 35.5. The first kappa shape index (κ1) is 16.0. The molecule has 5 nitrogen and oxygen atoms in total. The molecule has 0 aromatic carbocycles. The number of nitrogens with zero attached hydrogens (tertiary/aromatic N) is 2. The minimum Gasteiger partial charge on any atom is -0.392 e. The van der Waals surface area contributed by atoms with Gasteiger partial charge in [-0.25, -0.2) is 0 Å². The molecule has 1 aromatic rings. The lowest BCUT2D eigenvalue weighted by Crippen LogP contribution is -2.41. The predicted molar refractivity (Wildman–Crippen MR) is 73.1 cm³/mol. The van der Waals surface area contributed by atoms with Crippen LogP contribution in [0.5, 0.6) is 0 Å². The molecule has 1 rings (SSSR count). The Kier molecular flexibility index (Phi) is 5.82. The summed E-state index contributed by atoms with van der Waals surface area (Å²) in [7, 11) is 0. The van der Waals surface area contributed by atoms with Crippen LogP contribution in [0.25, 0.3) is 0 Å². The molecule has 19 heavy (non-hydrogen) atoms. The lowest BCUT2D eigenvalue weighted by atomic mass is 10.1. The summed E-state index contributed by atoms with van der Waals surface area (Å²) in [6.45, 7) is 7.66. The van der Waals surface area contributed by atoms with Gasteiger partial charge in [-0.15, -0.1) is 0 Å². The second kappa shape index (κ2) is 6.91. The Labute approximate surface area is 118 Å². The normalized spacial score (nSPS) is 12.8. The van der Waals surface area contributed by atoms with Crippen molar-refractivity contribution in [2.75, 3.05) is 6.54 Å².